The minimum absolute atomic E-state index is 0.947. The average Bonchev–Trinajstić information content (AvgIpc) is 2.17. The van der Waals surface area contributed by atoms with E-state index in [0.717, 1.165) is 18.7 Å². The zero-order chi connectivity index (χ0) is 10.1. The number of unbranched alkanes of at least 4 members (excludes halogenated alkanes) is 1. The first-order valence-corrected chi connectivity index (χ1v) is 4.79. The van der Waals surface area contributed by atoms with Crippen molar-refractivity contribution >= 4 is 6.21 Å². The lowest BCUT2D eigenvalue weighted by molar-refractivity contribution is 0.897. The molecule has 1 N–H and O–H groups in total. The Morgan fingerprint density at radius 2 is 2.15 bits per heavy atom. The zero-order valence-electron chi connectivity index (χ0n) is 9.09. The molecule has 0 aliphatic carbocycles. The van der Waals surface area contributed by atoms with E-state index < -0.39 is 0 Å². The highest BCUT2D eigenvalue weighted by molar-refractivity contribution is 5.78. The van der Waals surface area contributed by atoms with E-state index in [9.17, 15) is 0 Å². The Balaban J connectivity index is 4.19. The molecule has 0 rings (SSSR count). The van der Waals surface area contributed by atoms with E-state index in [1.165, 1.54) is 5.57 Å². The van der Waals surface area contributed by atoms with Crippen LogP contribution in [-0.4, -0.2) is 13.3 Å². The fourth-order valence-corrected chi connectivity index (χ4v) is 0.746. The van der Waals surface area contributed by atoms with Gasteiger partial charge in [0.1, 0.15) is 5.82 Å². The van der Waals surface area contributed by atoms with Crippen LogP contribution in [0.4, 0.5) is 0 Å². The summed E-state index contributed by atoms with van der Waals surface area (Å²) in [5.41, 5.74) is 1.18. The van der Waals surface area contributed by atoms with Gasteiger partial charge in [-0.2, -0.15) is 0 Å². The Morgan fingerprint density at radius 3 is 2.62 bits per heavy atom. The van der Waals surface area contributed by atoms with Gasteiger partial charge in [0.2, 0.25) is 0 Å². The van der Waals surface area contributed by atoms with Gasteiger partial charge in [0.25, 0.3) is 0 Å². The number of hydrogen-bond acceptors (Lipinski definition) is 2. The molecule has 0 aromatic heterocycles. The van der Waals surface area contributed by atoms with Crippen molar-refractivity contribution in [2.45, 2.75) is 33.6 Å². The normalized spacial score (nSPS) is 13.8. The van der Waals surface area contributed by atoms with Gasteiger partial charge in [0, 0.05) is 13.3 Å². The number of rotatable bonds is 5. The minimum atomic E-state index is 0.947. The number of aliphatic imine (C=N–C) groups is 1. The Hall–Kier alpha value is -1.05. The molecule has 0 aliphatic heterocycles. The first-order chi connectivity index (χ1) is 6.24. The molecule has 2 nitrogen and oxygen atoms in total. The molecular formula is C11H20N2. The standard InChI is InChI=1S/C11H20N2/c1-5-7-8-11(12-4)13-9-10(3)6-2/h6,8-9,12H,5,7H2,1-4H3/b10-6-,11-8+,13-9-. The largest absolute Gasteiger partial charge is 0.373 e. The number of nitrogens with one attached hydrogen (secondary N) is 1. The molecule has 0 aromatic carbocycles. The molecule has 0 radical (unpaired) electrons. The molecule has 0 spiro atoms. The molecule has 13 heavy (non-hydrogen) atoms. The molecule has 0 aromatic rings. The maximum Gasteiger partial charge on any atom is 0.121 e. The SMILES string of the molecule is C\C=C(C)/C=N\C(=C\CCC)NC. The third-order valence-electron chi connectivity index (χ3n) is 1.75. The van der Waals surface area contributed by atoms with Gasteiger partial charge in [-0.3, -0.25) is 0 Å². The van der Waals surface area contributed by atoms with Crippen molar-refractivity contribution in [3.8, 4) is 0 Å². The molecule has 0 aliphatic rings. The van der Waals surface area contributed by atoms with E-state index in [1.54, 1.807) is 0 Å². The fourth-order valence-electron chi connectivity index (χ4n) is 0.746. The van der Waals surface area contributed by atoms with Gasteiger partial charge in [0.05, 0.1) is 0 Å². The first-order valence-electron chi connectivity index (χ1n) is 4.79. The van der Waals surface area contributed by atoms with Gasteiger partial charge >= 0.3 is 0 Å². The summed E-state index contributed by atoms with van der Waals surface area (Å²) in [6.45, 7) is 6.21. The van der Waals surface area contributed by atoms with Crippen LogP contribution >= 0.6 is 0 Å². The highest BCUT2D eigenvalue weighted by Crippen LogP contribution is 1.97. The second-order valence-corrected chi connectivity index (χ2v) is 2.92. The van der Waals surface area contributed by atoms with Crippen molar-refractivity contribution in [1.29, 1.82) is 0 Å². The second-order valence-electron chi connectivity index (χ2n) is 2.92. The Bertz CT molecular complexity index is 212. The molecular weight excluding hydrogens is 160 g/mol. The molecule has 0 bridgehead atoms. The van der Waals surface area contributed by atoms with Crippen LogP contribution in [0.2, 0.25) is 0 Å². The predicted molar refractivity (Wildman–Crippen MR) is 60.0 cm³/mol. The summed E-state index contributed by atoms with van der Waals surface area (Å²) in [6, 6.07) is 0. The van der Waals surface area contributed by atoms with Crippen LogP contribution in [0.5, 0.6) is 0 Å². The average molecular weight is 180 g/mol. The molecule has 74 valence electrons. The number of nitrogens with zero attached hydrogens (tertiary/aromatic N) is 1. The lowest BCUT2D eigenvalue weighted by atomic mass is 10.3. The first kappa shape index (κ1) is 11.9. The molecule has 0 fully saturated rings. The summed E-state index contributed by atoms with van der Waals surface area (Å²) in [5.74, 6) is 0.947. The molecule has 0 heterocycles. The highest BCUT2D eigenvalue weighted by Gasteiger charge is 1.87. The van der Waals surface area contributed by atoms with Gasteiger partial charge in [0.15, 0.2) is 0 Å². The van der Waals surface area contributed by atoms with E-state index in [2.05, 4.69) is 23.3 Å². The smallest absolute Gasteiger partial charge is 0.121 e. The molecule has 2 heteroatoms. The highest BCUT2D eigenvalue weighted by atomic mass is 15.0. The van der Waals surface area contributed by atoms with Gasteiger partial charge in [-0.25, -0.2) is 4.99 Å². The Labute approximate surface area is 81.5 Å². The Kier molecular flexibility index (Phi) is 6.98. The van der Waals surface area contributed by atoms with Gasteiger partial charge in [-0.05, 0) is 31.9 Å². The summed E-state index contributed by atoms with van der Waals surface area (Å²) >= 11 is 0. The second kappa shape index (κ2) is 7.59. The van der Waals surface area contributed by atoms with E-state index in [1.807, 2.05) is 33.2 Å². The number of allylic oxidation sites excluding steroid dienone is 3. The summed E-state index contributed by atoms with van der Waals surface area (Å²) in [4.78, 5) is 4.31. The van der Waals surface area contributed by atoms with Crippen molar-refractivity contribution in [1.82, 2.24) is 5.32 Å². The summed E-state index contributed by atoms with van der Waals surface area (Å²) in [7, 11) is 1.89. The van der Waals surface area contributed by atoms with Crippen LogP contribution in [0.3, 0.4) is 0 Å². The van der Waals surface area contributed by atoms with E-state index in [4.69, 9.17) is 0 Å². The van der Waals surface area contributed by atoms with Crippen molar-refractivity contribution in [3.63, 3.8) is 0 Å². The number of hydrogen-bond donors (Lipinski definition) is 1. The van der Waals surface area contributed by atoms with Crippen molar-refractivity contribution in [2.24, 2.45) is 4.99 Å². The van der Waals surface area contributed by atoms with Gasteiger partial charge in [-0.15, -0.1) is 0 Å². The van der Waals surface area contributed by atoms with E-state index >= 15 is 0 Å². The van der Waals surface area contributed by atoms with Crippen LogP contribution in [-0.2, 0) is 0 Å². The minimum Gasteiger partial charge on any atom is -0.373 e. The maximum atomic E-state index is 4.31. The van der Waals surface area contributed by atoms with E-state index in [-0.39, 0.29) is 0 Å². The molecule has 0 amide bonds. The van der Waals surface area contributed by atoms with Crippen LogP contribution in [0.15, 0.2) is 28.5 Å². The Morgan fingerprint density at radius 1 is 1.46 bits per heavy atom. The third kappa shape index (κ3) is 6.14. The quantitative estimate of drug-likeness (QED) is 0.646. The summed E-state index contributed by atoms with van der Waals surface area (Å²) in [5, 5.41) is 3.05. The van der Waals surface area contributed by atoms with Gasteiger partial charge in [-0.1, -0.05) is 19.4 Å². The van der Waals surface area contributed by atoms with Crippen molar-refractivity contribution < 1.29 is 0 Å². The fraction of sp³-hybridized carbons (Fsp3) is 0.545. The summed E-state index contributed by atoms with van der Waals surface area (Å²) < 4.78 is 0. The molecule has 0 saturated carbocycles. The monoisotopic (exact) mass is 180 g/mol. The van der Waals surface area contributed by atoms with Crippen molar-refractivity contribution in [3.05, 3.63) is 23.5 Å². The third-order valence-corrected chi connectivity index (χ3v) is 1.75. The van der Waals surface area contributed by atoms with Crippen LogP contribution in [0.25, 0.3) is 0 Å². The van der Waals surface area contributed by atoms with Crippen LogP contribution in [0.1, 0.15) is 33.6 Å². The lowest BCUT2D eigenvalue weighted by Crippen LogP contribution is -2.03. The van der Waals surface area contributed by atoms with E-state index in [0.29, 0.717) is 0 Å². The summed E-state index contributed by atoms with van der Waals surface area (Å²) in [6.07, 6.45) is 8.25. The molecule has 0 unspecified atom stereocenters. The molecule has 0 saturated heterocycles. The van der Waals surface area contributed by atoms with Gasteiger partial charge < -0.3 is 5.32 Å². The molecule has 0 atom stereocenters. The van der Waals surface area contributed by atoms with Crippen LogP contribution in [0, 0.1) is 0 Å². The maximum absolute atomic E-state index is 4.31. The zero-order valence-corrected chi connectivity index (χ0v) is 9.09. The van der Waals surface area contributed by atoms with Crippen LogP contribution < -0.4 is 5.32 Å². The predicted octanol–water partition coefficient (Wildman–Crippen LogP) is 2.88. The lowest BCUT2D eigenvalue weighted by Gasteiger charge is -1.99. The topological polar surface area (TPSA) is 24.4 Å². The van der Waals surface area contributed by atoms with Crippen molar-refractivity contribution in [2.75, 3.05) is 7.05 Å².